The van der Waals surface area contributed by atoms with Crippen LogP contribution in [0.4, 0.5) is 5.82 Å². The van der Waals surface area contributed by atoms with E-state index in [1.54, 1.807) is 24.5 Å². The Morgan fingerprint density at radius 2 is 2.05 bits per heavy atom. The fourth-order valence-electron chi connectivity index (χ4n) is 2.60. The molecule has 1 aliphatic rings. The van der Waals surface area contributed by atoms with Crippen LogP contribution in [0.2, 0.25) is 5.02 Å². The highest BCUT2D eigenvalue weighted by Crippen LogP contribution is 2.25. The summed E-state index contributed by atoms with van der Waals surface area (Å²) in [5.41, 5.74) is 0.484. The monoisotopic (exact) mass is 319 g/mol. The van der Waals surface area contributed by atoms with Crippen molar-refractivity contribution in [2.45, 2.75) is 25.9 Å². The Balaban J connectivity index is 2.07. The summed E-state index contributed by atoms with van der Waals surface area (Å²) >= 11 is 6.22. The molecule has 2 aromatic heterocycles. The van der Waals surface area contributed by atoms with Crippen LogP contribution in [0.25, 0.3) is 11.4 Å². The number of hydrogen-bond acceptors (Lipinski definition) is 5. The van der Waals surface area contributed by atoms with Crippen molar-refractivity contribution in [2.24, 2.45) is 0 Å². The SMILES string of the molecule is CC1CN(c2nc(-c3ccncc3)[nH]c(=O)c2Cl)C(C)CN1. The molecule has 0 aromatic carbocycles. The van der Waals surface area contributed by atoms with Crippen molar-refractivity contribution in [3.05, 3.63) is 39.9 Å². The molecule has 0 radical (unpaired) electrons. The van der Waals surface area contributed by atoms with Gasteiger partial charge in [0.05, 0.1) is 0 Å². The van der Waals surface area contributed by atoms with Crippen molar-refractivity contribution in [3.63, 3.8) is 0 Å². The summed E-state index contributed by atoms with van der Waals surface area (Å²) in [6.07, 6.45) is 3.33. The molecule has 2 N–H and O–H groups in total. The summed E-state index contributed by atoms with van der Waals surface area (Å²) in [7, 11) is 0. The molecular weight excluding hydrogens is 302 g/mol. The summed E-state index contributed by atoms with van der Waals surface area (Å²) in [6.45, 7) is 5.78. The van der Waals surface area contributed by atoms with E-state index in [0.29, 0.717) is 17.7 Å². The number of halogens is 1. The second-order valence-electron chi connectivity index (χ2n) is 5.60. The molecule has 0 aliphatic carbocycles. The van der Waals surface area contributed by atoms with E-state index in [1.807, 2.05) is 0 Å². The van der Waals surface area contributed by atoms with Crippen LogP contribution in [0, 0.1) is 0 Å². The fourth-order valence-corrected chi connectivity index (χ4v) is 2.80. The lowest BCUT2D eigenvalue weighted by Gasteiger charge is -2.38. The molecule has 2 atom stereocenters. The molecule has 116 valence electrons. The first-order valence-corrected chi connectivity index (χ1v) is 7.64. The lowest BCUT2D eigenvalue weighted by Crippen LogP contribution is -2.55. The molecule has 22 heavy (non-hydrogen) atoms. The van der Waals surface area contributed by atoms with Gasteiger partial charge in [-0.3, -0.25) is 9.78 Å². The van der Waals surface area contributed by atoms with Crippen molar-refractivity contribution in [1.29, 1.82) is 0 Å². The Hall–Kier alpha value is -1.92. The number of anilines is 1. The minimum Gasteiger partial charge on any atom is -0.350 e. The van der Waals surface area contributed by atoms with Crippen LogP contribution in [0.5, 0.6) is 0 Å². The number of H-pyrrole nitrogens is 1. The van der Waals surface area contributed by atoms with E-state index in [9.17, 15) is 4.79 Å². The smallest absolute Gasteiger partial charge is 0.272 e. The second-order valence-corrected chi connectivity index (χ2v) is 5.98. The summed E-state index contributed by atoms with van der Waals surface area (Å²) in [5, 5.41) is 3.54. The molecule has 0 amide bonds. The first-order valence-electron chi connectivity index (χ1n) is 7.26. The maximum absolute atomic E-state index is 12.2. The highest BCUT2D eigenvalue weighted by atomic mass is 35.5. The van der Waals surface area contributed by atoms with Gasteiger partial charge in [0.2, 0.25) is 0 Å². The van der Waals surface area contributed by atoms with Crippen molar-refractivity contribution in [1.82, 2.24) is 20.3 Å². The van der Waals surface area contributed by atoms with E-state index in [1.165, 1.54) is 0 Å². The van der Waals surface area contributed by atoms with Gasteiger partial charge in [0.15, 0.2) is 5.82 Å². The molecule has 2 unspecified atom stereocenters. The Bertz CT molecular complexity index is 718. The standard InChI is InChI=1S/C15H18ClN5O/c1-9-8-21(10(2)7-18-9)14-12(16)15(22)20-13(19-14)11-3-5-17-6-4-11/h3-6,9-10,18H,7-8H2,1-2H3,(H,19,20,22). The molecule has 3 rings (SSSR count). The number of nitrogens with one attached hydrogen (secondary N) is 2. The van der Waals surface area contributed by atoms with Gasteiger partial charge < -0.3 is 15.2 Å². The number of hydrogen-bond donors (Lipinski definition) is 2. The van der Waals surface area contributed by atoms with E-state index < -0.39 is 0 Å². The van der Waals surface area contributed by atoms with Gasteiger partial charge >= 0.3 is 0 Å². The zero-order chi connectivity index (χ0) is 15.7. The molecule has 1 fully saturated rings. The Kier molecular flexibility index (Phi) is 4.13. The van der Waals surface area contributed by atoms with Crippen LogP contribution in [-0.2, 0) is 0 Å². The molecule has 0 spiro atoms. The van der Waals surface area contributed by atoms with Crippen LogP contribution in [0.3, 0.4) is 0 Å². The van der Waals surface area contributed by atoms with E-state index in [0.717, 1.165) is 18.7 Å². The molecular formula is C15H18ClN5O. The summed E-state index contributed by atoms with van der Waals surface area (Å²) < 4.78 is 0. The summed E-state index contributed by atoms with van der Waals surface area (Å²) in [6, 6.07) is 4.14. The first-order chi connectivity index (χ1) is 10.6. The third kappa shape index (κ3) is 2.84. The summed E-state index contributed by atoms with van der Waals surface area (Å²) in [4.78, 5) is 25.6. The van der Waals surface area contributed by atoms with Gasteiger partial charge in [-0.1, -0.05) is 11.6 Å². The third-order valence-electron chi connectivity index (χ3n) is 3.84. The first kappa shape index (κ1) is 15.0. The van der Waals surface area contributed by atoms with Crippen LogP contribution < -0.4 is 15.8 Å². The molecule has 0 bridgehead atoms. The number of aromatic amines is 1. The Morgan fingerprint density at radius 1 is 1.32 bits per heavy atom. The zero-order valence-corrected chi connectivity index (χ0v) is 13.3. The quantitative estimate of drug-likeness (QED) is 0.881. The van der Waals surface area contributed by atoms with E-state index >= 15 is 0 Å². The lowest BCUT2D eigenvalue weighted by molar-refractivity contribution is 0.422. The van der Waals surface area contributed by atoms with Gasteiger partial charge in [-0.05, 0) is 26.0 Å². The van der Waals surface area contributed by atoms with Gasteiger partial charge in [0.1, 0.15) is 10.8 Å². The number of nitrogens with zero attached hydrogens (tertiary/aromatic N) is 3. The minimum absolute atomic E-state index is 0.138. The molecule has 1 aliphatic heterocycles. The number of piperazine rings is 1. The number of pyridine rings is 1. The van der Waals surface area contributed by atoms with Gasteiger partial charge in [-0.15, -0.1) is 0 Å². The van der Waals surface area contributed by atoms with Crippen molar-refractivity contribution >= 4 is 17.4 Å². The van der Waals surface area contributed by atoms with Crippen molar-refractivity contribution < 1.29 is 0 Å². The molecule has 3 heterocycles. The normalized spacial score (nSPS) is 21.9. The van der Waals surface area contributed by atoms with E-state index in [4.69, 9.17) is 11.6 Å². The highest BCUT2D eigenvalue weighted by Gasteiger charge is 2.26. The average Bonchev–Trinajstić information content (AvgIpc) is 2.53. The second kappa shape index (κ2) is 6.06. The maximum Gasteiger partial charge on any atom is 0.272 e. The van der Waals surface area contributed by atoms with Gasteiger partial charge in [0.25, 0.3) is 5.56 Å². The van der Waals surface area contributed by atoms with Gasteiger partial charge in [-0.25, -0.2) is 4.98 Å². The Morgan fingerprint density at radius 3 is 2.77 bits per heavy atom. The number of rotatable bonds is 2. The third-order valence-corrected chi connectivity index (χ3v) is 4.18. The van der Waals surface area contributed by atoms with E-state index in [-0.39, 0.29) is 16.6 Å². The van der Waals surface area contributed by atoms with Crippen molar-refractivity contribution in [2.75, 3.05) is 18.0 Å². The van der Waals surface area contributed by atoms with Crippen LogP contribution in [0.15, 0.2) is 29.3 Å². The van der Waals surface area contributed by atoms with Crippen molar-refractivity contribution in [3.8, 4) is 11.4 Å². The predicted octanol–water partition coefficient (Wildman–Crippen LogP) is 1.67. The largest absolute Gasteiger partial charge is 0.350 e. The zero-order valence-electron chi connectivity index (χ0n) is 12.5. The lowest BCUT2D eigenvalue weighted by atomic mass is 10.1. The van der Waals surface area contributed by atoms with Crippen LogP contribution in [-0.4, -0.2) is 40.1 Å². The predicted molar refractivity (Wildman–Crippen MR) is 87.4 cm³/mol. The fraction of sp³-hybridized carbons (Fsp3) is 0.400. The van der Waals surface area contributed by atoms with Gasteiger partial charge in [0, 0.05) is 43.1 Å². The molecule has 1 saturated heterocycles. The molecule has 2 aromatic rings. The molecule has 0 saturated carbocycles. The molecule has 6 nitrogen and oxygen atoms in total. The van der Waals surface area contributed by atoms with Crippen LogP contribution in [0.1, 0.15) is 13.8 Å². The van der Waals surface area contributed by atoms with Crippen LogP contribution >= 0.6 is 11.6 Å². The highest BCUT2D eigenvalue weighted by molar-refractivity contribution is 6.32. The summed E-state index contributed by atoms with van der Waals surface area (Å²) in [5.74, 6) is 1.04. The number of aromatic nitrogens is 3. The maximum atomic E-state index is 12.2. The molecule has 7 heteroatoms. The average molecular weight is 320 g/mol. The Labute approximate surface area is 133 Å². The minimum atomic E-state index is -0.322. The van der Waals surface area contributed by atoms with E-state index in [2.05, 4.69) is 39.0 Å². The topological polar surface area (TPSA) is 73.9 Å². The van der Waals surface area contributed by atoms with Gasteiger partial charge in [-0.2, -0.15) is 0 Å².